The number of amides is 1. The summed E-state index contributed by atoms with van der Waals surface area (Å²) in [7, 11) is 3.24. The van der Waals surface area contributed by atoms with Crippen molar-refractivity contribution in [2.75, 3.05) is 38.8 Å². The summed E-state index contributed by atoms with van der Waals surface area (Å²) in [4.78, 5) is 26.1. The molecule has 1 aromatic carbocycles. The molecule has 0 bridgehead atoms. The van der Waals surface area contributed by atoms with Crippen LogP contribution in [0.15, 0.2) is 30.5 Å². The maximum Gasteiger partial charge on any atom is 0.255 e. The smallest absolute Gasteiger partial charge is 0.255 e. The molecule has 0 unspecified atom stereocenters. The van der Waals surface area contributed by atoms with Crippen LogP contribution in [0.4, 0.5) is 5.69 Å². The van der Waals surface area contributed by atoms with Gasteiger partial charge in [-0.25, -0.2) is 0 Å². The highest BCUT2D eigenvalue weighted by atomic mass is 16.5. The average molecular weight is 530 g/mol. The van der Waals surface area contributed by atoms with Gasteiger partial charge >= 0.3 is 0 Å². The van der Waals surface area contributed by atoms with Crippen LogP contribution in [0.5, 0.6) is 11.5 Å². The van der Waals surface area contributed by atoms with Crippen molar-refractivity contribution in [1.82, 2.24) is 20.6 Å². The maximum absolute atomic E-state index is 13.9. The zero-order valence-electron chi connectivity index (χ0n) is 23.5. The van der Waals surface area contributed by atoms with Crippen molar-refractivity contribution in [1.29, 1.82) is 0 Å². The lowest BCUT2D eigenvalue weighted by Crippen LogP contribution is -2.50. The summed E-state index contributed by atoms with van der Waals surface area (Å²) in [5, 5.41) is 8.10. The summed E-state index contributed by atoms with van der Waals surface area (Å²) in [6, 6.07) is 7.64. The second kappa shape index (κ2) is 10.3. The van der Waals surface area contributed by atoms with E-state index in [-0.39, 0.29) is 17.5 Å². The van der Waals surface area contributed by atoms with Crippen molar-refractivity contribution in [3.63, 3.8) is 0 Å². The second-order valence-corrected chi connectivity index (χ2v) is 11.4. The van der Waals surface area contributed by atoms with Crippen LogP contribution in [0.1, 0.15) is 84.7 Å². The normalized spacial score (nSPS) is 19.3. The first kappa shape index (κ1) is 25.9. The Kier molecular flexibility index (Phi) is 6.83. The number of aromatic nitrogens is 2. The molecule has 2 N–H and O–H groups in total. The van der Waals surface area contributed by atoms with Gasteiger partial charge < -0.3 is 25.0 Å². The minimum absolute atomic E-state index is 0.125. The molecule has 3 aliphatic rings. The lowest BCUT2D eigenvalue weighted by Gasteiger charge is -2.42. The SMILES string of the molecule is COc1ccc([C@H](C)NC(=O)c2cnc3c(C4CC4)nc(C)cc3c2N2CCNC3(CCC3)CC2)cc1OC. The Morgan fingerprint density at radius 1 is 1.13 bits per heavy atom. The van der Waals surface area contributed by atoms with Crippen LogP contribution in [0.3, 0.4) is 0 Å². The minimum atomic E-state index is -0.230. The third-order valence-electron chi connectivity index (χ3n) is 8.81. The van der Waals surface area contributed by atoms with E-state index in [1.54, 1.807) is 20.4 Å². The van der Waals surface area contributed by atoms with Gasteiger partial charge in [-0.05, 0) is 76.1 Å². The molecule has 2 aliphatic carbocycles. The number of rotatable bonds is 7. The van der Waals surface area contributed by atoms with Crippen molar-refractivity contribution >= 4 is 22.5 Å². The van der Waals surface area contributed by atoms with Crippen LogP contribution in [-0.2, 0) is 0 Å². The molecule has 206 valence electrons. The molecule has 3 aromatic rings. The van der Waals surface area contributed by atoms with Gasteiger partial charge in [0.1, 0.15) is 0 Å². The van der Waals surface area contributed by atoms with Crippen LogP contribution in [-0.4, -0.2) is 55.3 Å². The zero-order valence-corrected chi connectivity index (χ0v) is 23.5. The van der Waals surface area contributed by atoms with Crippen LogP contribution >= 0.6 is 0 Å². The fraction of sp³-hybridized carbons (Fsp3) is 0.516. The van der Waals surface area contributed by atoms with Gasteiger partial charge in [0.15, 0.2) is 11.5 Å². The monoisotopic (exact) mass is 529 g/mol. The van der Waals surface area contributed by atoms with Gasteiger partial charge in [0, 0.05) is 48.4 Å². The molecular weight excluding hydrogens is 490 g/mol. The molecule has 2 saturated carbocycles. The van der Waals surface area contributed by atoms with Crippen molar-refractivity contribution in [2.24, 2.45) is 0 Å². The van der Waals surface area contributed by atoms with Crippen molar-refractivity contribution < 1.29 is 14.3 Å². The molecule has 8 nitrogen and oxygen atoms in total. The maximum atomic E-state index is 13.9. The number of nitrogens with zero attached hydrogens (tertiary/aromatic N) is 3. The van der Waals surface area contributed by atoms with Crippen LogP contribution in [0.2, 0.25) is 0 Å². The molecule has 39 heavy (non-hydrogen) atoms. The minimum Gasteiger partial charge on any atom is -0.493 e. The van der Waals surface area contributed by atoms with Gasteiger partial charge in [0.2, 0.25) is 0 Å². The molecule has 1 spiro atoms. The number of benzene rings is 1. The molecule has 1 amide bonds. The van der Waals surface area contributed by atoms with Crippen LogP contribution in [0.25, 0.3) is 10.9 Å². The Morgan fingerprint density at radius 2 is 1.92 bits per heavy atom. The average Bonchev–Trinajstić information content (AvgIpc) is 3.78. The van der Waals surface area contributed by atoms with Crippen LogP contribution in [0, 0.1) is 6.92 Å². The fourth-order valence-electron chi connectivity index (χ4n) is 6.23. The summed E-state index contributed by atoms with van der Waals surface area (Å²) in [6.07, 6.45) is 8.94. The molecule has 3 fully saturated rings. The highest BCUT2D eigenvalue weighted by Gasteiger charge is 2.39. The fourth-order valence-corrected chi connectivity index (χ4v) is 6.23. The largest absolute Gasteiger partial charge is 0.493 e. The Hall–Kier alpha value is -3.39. The Labute approximate surface area is 230 Å². The highest BCUT2D eigenvalue weighted by molar-refractivity contribution is 6.08. The molecule has 1 atom stereocenters. The number of hydrogen-bond donors (Lipinski definition) is 2. The number of ether oxygens (including phenoxy) is 2. The molecule has 1 aliphatic heterocycles. The van der Waals surface area contributed by atoms with E-state index in [1.807, 2.05) is 32.0 Å². The second-order valence-electron chi connectivity index (χ2n) is 11.4. The van der Waals surface area contributed by atoms with Gasteiger partial charge in [-0.3, -0.25) is 14.8 Å². The van der Waals surface area contributed by atoms with Gasteiger partial charge in [-0.2, -0.15) is 0 Å². The quantitative estimate of drug-likeness (QED) is 0.443. The Bertz CT molecular complexity index is 1400. The first-order valence-corrected chi connectivity index (χ1v) is 14.2. The van der Waals surface area contributed by atoms with E-state index >= 15 is 0 Å². The third kappa shape index (κ3) is 4.91. The van der Waals surface area contributed by atoms with E-state index in [4.69, 9.17) is 19.4 Å². The number of nitrogens with one attached hydrogen (secondary N) is 2. The molecule has 8 heteroatoms. The topological polar surface area (TPSA) is 88.6 Å². The van der Waals surface area contributed by atoms with E-state index in [1.165, 1.54) is 19.3 Å². The van der Waals surface area contributed by atoms with Gasteiger partial charge in [0.25, 0.3) is 5.91 Å². The van der Waals surface area contributed by atoms with Crippen molar-refractivity contribution in [3.8, 4) is 11.5 Å². The Morgan fingerprint density at radius 3 is 2.62 bits per heavy atom. The molecule has 2 aromatic heterocycles. The van der Waals surface area contributed by atoms with E-state index in [0.29, 0.717) is 23.0 Å². The first-order valence-electron chi connectivity index (χ1n) is 14.2. The van der Waals surface area contributed by atoms with Crippen molar-refractivity contribution in [2.45, 2.75) is 69.9 Å². The number of hydrogen-bond acceptors (Lipinski definition) is 7. The number of aryl methyl sites for hydroxylation is 1. The predicted octanol–water partition coefficient (Wildman–Crippen LogP) is 5.05. The number of carbonyl (C=O) groups is 1. The Balaban J connectivity index is 1.38. The molecule has 3 heterocycles. The van der Waals surface area contributed by atoms with Gasteiger partial charge in [-0.15, -0.1) is 0 Å². The molecular formula is C31H39N5O3. The lowest BCUT2D eigenvalue weighted by atomic mass is 9.74. The van der Waals surface area contributed by atoms with Gasteiger partial charge in [-0.1, -0.05) is 6.07 Å². The van der Waals surface area contributed by atoms with E-state index in [0.717, 1.165) is 72.4 Å². The number of carbonyl (C=O) groups excluding carboxylic acids is 1. The summed E-state index contributed by atoms with van der Waals surface area (Å²) in [6.45, 7) is 6.72. The molecule has 1 saturated heterocycles. The number of anilines is 1. The van der Waals surface area contributed by atoms with E-state index in [9.17, 15) is 4.79 Å². The first-order chi connectivity index (χ1) is 18.9. The standard InChI is InChI=1S/C31H39N5O3/c1-19-16-23-28(27(34-19)21-6-7-21)32-18-24(29(23)36-14-12-31(10-5-11-31)33-13-15-36)30(37)35-20(2)22-8-9-25(38-3)26(17-22)39-4/h8-9,16-18,20-21,33H,5-7,10-15H2,1-4H3,(H,35,37)/t20-/m0/s1. The third-order valence-corrected chi connectivity index (χ3v) is 8.81. The molecule has 0 radical (unpaired) electrons. The van der Waals surface area contributed by atoms with Crippen molar-refractivity contribution in [3.05, 3.63) is 53.0 Å². The summed E-state index contributed by atoms with van der Waals surface area (Å²) >= 11 is 0. The number of pyridine rings is 2. The number of fused-ring (bicyclic) bond motifs is 1. The van der Waals surface area contributed by atoms with Gasteiger partial charge in [0.05, 0.1) is 42.7 Å². The van der Waals surface area contributed by atoms with E-state index in [2.05, 4.69) is 21.6 Å². The zero-order chi connectivity index (χ0) is 27.1. The summed E-state index contributed by atoms with van der Waals surface area (Å²) in [5.41, 5.74) is 5.82. The highest BCUT2D eigenvalue weighted by Crippen LogP contribution is 2.44. The van der Waals surface area contributed by atoms with E-state index < -0.39 is 0 Å². The number of methoxy groups -OCH3 is 2. The molecule has 6 rings (SSSR count). The summed E-state index contributed by atoms with van der Waals surface area (Å²) in [5.74, 6) is 1.65. The van der Waals surface area contributed by atoms with Crippen LogP contribution < -0.4 is 25.0 Å². The lowest BCUT2D eigenvalue weighted by molar-refractivity contribution is 0.0940. The predicted molar refractivity (Wildman–Crippen MR) is 153 cm³/mol. The summed E-state index contributed by atoms with van der Waals surface area (Å²) < 4.78 is 10.9.